The van der Waals surface area contributed by atoms with E-state index in [1.54, 1.807) is 32.1 Å². The second-order valence-electron chi connectivity index (χ2n) is 3.93. The monoisotopic (exact) mass is 254 g/mol. The van der Waals surface area contributed by atoms with E-state index in [0.717, 1.165) is 0 Å². The van der Waals surface area contributed by atoms with Crippen LogP contribution in [0.5, 0.6) is 0 Å². The number of hydrogen-bond acceptors (Lipinski definition) is 4. The first-order chi connectivity index (χ1) is 8.48. The number of rotatable bonds is 7. The molecule has 0 saturated carbocycles. The Labute approximate surface area is 109 Å². The highest BCUT2D eigenvalue weighted by Crippen LogP contribution is 2.33. The molecule has 0 spiro atoms. The van der Waals surface area contributed by atoms with Gasteiger partial charge in [-0.15, -0.1) is 6.58 Å². The van der Waals surface area contributed by atoms with Crippen LogP contribution in [-0.4, -0.2) is 25.2 Å². The molecule has 18 heavy (non-hydrogen) atoms. The van der Waals surface area contributed by atoms with E-state index < -0.39 is 23.3 Å². The van der Waals surface area contributed by atoms with Crippen molar-refractivity contribution in [1.82, 2.24) is 0 Å². The Bertz CT molecular complexity index is 313. The number of carbonyl (C=O) groups is 2. The van der Waals surface area contributed by atoms with Gasteiger partial charge in [0.2, 0.25) is 0 Å². The first-order valence-corrected chi connectivity index (χ1v) is 6.08. The van der Waals surface area contributed by atoms with Crippen molar-refractivity contribution in [1.29, 1.82) is 0 Å². The van der Waals surface area contributed by atoms with E-state index in [0.29, 0.717) is 0 Å². The number of esters is 2. The van der Waals surface area contributed by atoms with E-state index in [1.807, 2.05) is 6.92 Å². The lowest BCUT2D eigenvalue weighted by molar-refractivity contribution is -0.172. The minimum Gasteiger partial charge on any atom is -0.465 e. The number of ether oxygens (including phenoxy) is 2. The zero-order valence-corrected chi connectivity index (χ0v) is 11.6. The van der Waals surface area contributed by atoms with E-state index in [4.69, 9.17) is 9.47 Å². The molecule has 4 nitrogen and oxygen atoms in total. The maximum absolute atomic E-state index is 12.1. The van der Waals surface area contributed by atoms with Crippen molar-refractivity contribution in [2.75, 3.05) is 13.2 Å². The van der Waals surface area contributed by atoms with Gasteiger partial charge in [0.25, 0.3) is 0 Å². The summed E-state index contributed by atoms with van der Waals surface area (Å²) in [5.74, 6) is -1.64. The van der Waals surface area contributed by atoms with Crippen LogP contribution in [0.2, 0.25) is 0 Å². The van der Waals surface area contributed by atoms with Gasteiger partial charge >= 0.3 is 11.9 Å². The minimum atomic E-state index is -1.39. The van der Waals surface area contributed by atoms with Crippen molar-refractivity contribution in [3.63, 3.8) is 0 Å². The molecular formula is C14H22O4. The summed E-state index contributed by atoms with van der Waals surface area (Å²) in [6.45, 7) is 10.8. The zero-order chi connectivity index (χ0) is 14.2. The van der Waals surface area contributed by atoms with Gasteiger partial charge in [0.1, 0.15) is 0 Å². The number of carbonyl (C=O) groups excluding carboxylic acids is 2. The van der Waals surface area contributed by atoms with Gasteiger partial charge in [-0.05, 0) is 27.7 Å². The Kier molecular flexibility index (Phi) is 7.01. The summed E-state index contributed by atoms with van der Waals surface area (Å²) >= 11 is 0. The van der Waals surface area contributed by atoms with Crippen molar-refractivity contribution < 1.29 is 19.1 Å². The highest BCUT2D eigenvalue weighted by Gasteiger charge is 2.48. The molecule has 0 aromatic carbocycles. The van der Waals surface area contributed by atoms with E-state index >= 15 is 0 Å². The minimum absolute atomic E-state index is 0.216. The predicted octanol–water partition coefficient (Wildman–Crippen LogP) is 2.50. The van der Waals surface area contributed by atoms with Crippen LogP contribution in [0.4, 0.5) is 0 Å². The maximum atomic E-state index is 12.1. The Balaban J connectivity index is 5.43. The molecule has 102 valence electrons. The van der Waals surface area contributed by atoms with Gasteiger partial charge in [-0.25, -0.2) is 0 Å². The van der Waals surface area contributed by atoms with Gasteiger partial charge in [0.15, 0.2) is 5.41 Å². The molecule has 1 unspecified atom stereocenters. The largest absolute Gasteiger partial charge is 0.465 e. The molecule has 0 aromatic rings. The van der Waals surface area contributed by atoms with Crippen LogP contribution < -0.4 is 0 Å². The molecule has 0 rings (SSSR count). The van der Waals surface area contributed by atoms with Gasteiger partial charge in [0, 0.05) is 5.92 Å². The standard InChI is InChI=1S/C14H22O4/c1-6-10-11(7-2)14(5,12(15)17-8-3)13(16)18-9-4/h6-7,10-11H,2,8-9H2,1,3-5H3/b10-6+. The molecule has 0 aliphatic rings. The van der Waals surface area contributed by atoms with Crippen LogP contribution >= 0.6 is 0 Å². The summed E-state index contributed by atoms with van der Waals surface area (Å²) < 4.78 is 9.96. The molecule has 0 N–H and O–H groups in total. The number of hydrogen-bond donors (Lipinski definition) is 0. The molecule has 0 radical (unpaired) electrons. The third kappa shape index (κ3) is 3.45. The molecule has 0 saturated heterocycles. The SMILES string of the molecule is C=CC(/C=C/C)C(C)(C(=O)OCC)C(=O)OCC. The fourth-order valence-corrected chi connectivity index (χ4v) is 1.63. The Hall–Kier alpha value is -1.58. The first-order valence-electron chi connectivity index (χ1n) is 6.08. The van der Waals surface area contributed by atoms with Crippen LogP contribution in [0.1, 0.15) is 27.7 Å². The lowest BCUT2D eigenvalue weighted by Crippen LogP contribution is -2.44. The molecule has 0 amide bonds. The summed E-state index contributed by atoms with van der Waals surface area (Å²) in [4.78, 5) is 24.1. The van der Waals surface area contributed by atoms with E-state index in [2.05, 4.69) is 6.58 Å². The molecule has 1 atom stereocenters. The summed E-state index contributed by atoms with van der Waals surface area (Å²) in [5.41, 5.74) is -1.39. The lowest BCUT2D eigenvalue weighted by Gasteiger charge is -2.29. The van der Waals surface area contributed by atoms with Crippen LogP contribution in [0, 0.1) is 11.3 Å². The maximum Gasteiger partial charge on any atom is 0.324 e. The second kappa shape index (κ2) is 7.69. The predicted molar refractivity (Wildman–Crippen MR) is 69.9 cm³/mol. The van der Waals surface area contributed by atoms with Crippen LogP contribution in [0.15, 0.2) is 24.8 Å². The molecule has 0 fully saturated rings. The average Bonchev–Trinajstić information content (AvgIpc) is 2.35. The fraction of sp³-hybridized carbons (Fsp3) is 0.571. The molecule has 0 aromatic heterocycles. The third-order valence-corrected chi connectivity index (χ3v) is 2.72. The highest BCUT2D eigenvalue weighted by atomic mass is 16.6. The van der Waals surface area contributed by atoms with Crippen LogP contribution in [0.3, 0.4) is 0 Å². The normalized spacial score (nSPS) is 13.1. The van der Waals surface area contributed by atoms with Crippen molar-refractivity contribution in [3.8, 4) is 0 Å². The second-order valence-corrected chi connectivity index (χ2v) is 3.93. The van der Waals surface area contributed by atoms with E-state index in [-0.39, 0.29) is 13.2 Å². The Morgan fingerprint density at radius 3 is 1.94 bits per heavy atom. The third-order valence-electron chi connectivity index (χ3n) is 2.72. The smallest absolute Gasteiger partial charge is 0.324 e. The van der Waals surface area contributed by atoms with Gasteiger partial charge in [-0.3, -0.25) is 9.59 Å². The van der Waals surface area contributed by atoms with E-state index in [1.165, 1.54) is 6.92 Å². The highest BCUT2D eigenvalue weighted by molar-refractivity contribution is 6.00. The summed E-state index contributed by atoms with van der Waals surface area (Å²) in [6, 6.07) is 0. The van der Waals surface area contributed by atoms with Crippen molar-refractivity contribution >= 4 is 11.9 Å². The first kappa shape index (κ1) is 16.4. The summed E-state index contributed by atoms with van der Waals surface area (Å²) in [6.07, 6.45) is 5.05. The Morgan fingerprint density at radius 2 is 1.67 bits per heavy atom. The molecule has 0 bridgehead atoms. The van der Waals surface area contributed by atoms with Crippen LogP contribution in [0.25, 0.3) is 0 Å². The topological polar surface area (TPSA) is 52.6 Å². The molecule has 0 aliphatic carbocycles. The molecule has 0 aliphatic heterocycles. The van der Waals surface area contributed by atoms with Crippen molar-refractivity contribution in [2.45, 2.75) is 27.7 Å². The average molecular weight is 254 g/mol. The van der Waals surface area contributed by atoms with E-state index in [9.17, 15) is 9.59 Å². The van der Waals surface area contributed by atoms with Crippen molar-refractivity contribution in [3.05, 3.63) is 24.8 Å². The van der Waals surface area contributed by atoms with Gasteiger partial charge in [-0.2, -0.15) is 0 Å². The van der Waals surface area contributed by atoms with Crippen molar-refractivity contribution in [2.24, 2.45) is 11.3 Å². The lowest BCUT2D eigenvalue weighted by atomic mass is 9.76. The van der Waals surface area contributed by atoms with Crippen LogP contribution in [-0.2, 0) is 19.1 Å². The number of allylic oxidation sites excluding steroid dienone is 3. The van der Waals surface area contributed by atoms with Gasteiger partial charge < -0.3 is 9.47 Å². The summed E-state index contributed by atoms with van der Waals surface area (Å²) in [7, 11) is 0. The van der Waals surface area contributed by atoms with Gasteiger partial charge in [0.05, 0.1) is 13.2 Å². The fourth-order valence-electron chi connectivity index (χ4n) is 1.63. The molecule has 0 heterocycles. The van der Waals surface area contributed by atoms with Gasteiger partial charge in [-0.1, -0.05) is 18.2 Å². The molecular weight excluding hydrogens is 232 g/mol. The quantitative estimate of drug-likeness (QED) is 0.398. The zero-order valence-electron chi connectivity index (χ0n) is 11.6. The Morgan fingerprint density at radius 1 is 1.22 bits per heavy atom. The molecule has 4 heteroatoms. The summed E-state index contributed by atoms with van der Waals surface area (Å²) in [5, 5.41) is 0.